The molecule has 10 heteroatoms. The van der Waals surface area contributed by atoms with Crippen molar-refractivity contribution in [3.8, 4) is 0 Å². The van der Waals surface area contributed by atoms with Crippen LogP contribution in [0, 0.1) is 0 Å². The van der Waals surface area contributed by atoms with Gasteiger partial charge in [-0.1, -0.05) is 30.3 Å². The Morgan fingerprint density at radius 2 is 1.62 bits per heavy atom. The van der Waals surface area contributed by atoms with E-state index >= 15 is 0 Å². The standard InChI is InChI=1S/C19H22N8O2/c20-16(21)23-10-11-24-17-25-18(28)27(13-14-4-2-1-3-5-14)19(29)26(17)12-15-6-8-22-9-7-15/h1-9H,10-13H2,(H4,20,21,23)(H,24,25,28). The van der Waals surface area contributed by atoms with Crippen LogP contribution in [0.5, 0.6) is 0 Å². The van der Waals surface area contributed by atoms with Crippen molar-refractivity contribution in [2.24, 2.45) is 16.5 Å². The summed E-state index contributed by atoms with van der Waals surface area (Å²) in [6, 6.07) is 12.9. The summed E-state index contributed by atoms with van der Waals surface area (Å²) in [5.74, 6) is 0.124. The molecule has 150 valence electrons. The second-order valence-corrected chi connectivity index (χ2v) is 6.25. The van der Waals surface area contributed by atoms with Crippen molar-refractivity contribution in [1.82, 2.24) is 19.1 Å². The van der Waals surface area contributed by atoms with Crippen LogP contribution in [0.2, 0.25) is 0 Å². The Kier molecular flexibility index (Phi) is 6.36. The molecule has 0 aliphatic carbocycles. The van der Waals surface area contributed by atoms with Crippen LogP contribution in [0.3, 0.4) is 0 Å². The Labute approximate surface area is 166 Å². The largest absolute Gasteiger partial charge is 0.370 e. The zero-order valence-electron chi connectivity index (χ0n) is 15.7. The Morgan fingerprint density at radius 3 is 2.31 bits per heavy atom. The Morgan fingerprint density at radius 1 is 0.966 bits per heavy atom. The summed E-state index contributed by atoms with van der Waals surface area (Å²) in [5.41, 5.74) is 11.2. The molecule has 2 aromatic heterocycles. The lowest BCUT2D eigenvalue weighted by Gasteiger charge is -2.15. The minimum absolute atomic E-state index is 0.0350. The molecule has 3 aromatic rings. The maximum Gasteiger partial charge on any atom is 0.355 e. The zero-order valence-corrected chi connectivity index (χ0v) is 15.7. The van der Waals surface area contributed by atoms with Crippen LogP contribution in [-0.2, 0) is 13.1 Å². The molecule has 0 spiro atoms. The highest BCUT2D eigenvalue weighted by Gasteiger charge is 2.14. The van der Waals surface area contributed by atoms with Crippen molar-refractivity contribution in [2.45, 2.75) is 13.1 Å². The minimum atomic E-state index is -0.630. The average Bonchev–Trinajstić information content (AvgIpc) is 2.72. The van der Waals surface area contributed by atoms with Gasteiger partial charge in [0.15, 0.2) is 5.96 Å². The van der Waals surface area contributed by atoms with Crippen molar-refractivity contribution >= 4 is 11.9 Å². The number of nitrogens with one attached hydrogen (secondary N) is 1. The number of aromatic nitrogens is 4. The molecular weight excluding hydrogens is 372 g/mol. The quantitative estimate of drug-likeness (QED) is 0.267. The molecule has 0 saturated carbocycles. The van der Waals surface area contributed by atoms with Gasteiger partial charge in [-0.3, -0.25) is 14.5 Å². The summed E-state index contributed by atoms with van der Waals surface area (Å²) < 4.78 is 2.52. The topological polar surface area (TPSA) is 146 Å². The average molecular weight is 394 g/mol. The van der Waals surface area contributed by atoms with E-state index in [1.807, 2.05) is 30.3 Å². The highest BCUT2D eigenvalue weighted by atomic mass is 16.2. The molecule has 0 radical (unpaired) electrons. The summed E-state index contributed by atoms with van der Waals surface area (Å²) in [7, 11) is 0. The Hall–Kier alpha value is -3.95. The number of guanidine groups is 1. The fraction of sp³-hybridized carbons (Fsp3) is 0.211. The van der Waals surface area contributed by atoms with E-state index in [0.717, 1.165) is 15.7 Å². The number of nitrogens with two attached hydrogens (primary N) is 2. The SMILES string of the molecule is NC(N)=NCCNc1nc(=O)n(Cc2ccccc2)c(=O)n1Cc1ccncc1. The molecule has 2 heterocycles. The van der Waals surface area contributed by atoms with E-state index in [0.29, 0.717) is 6.54 Å². The van der Waals surface area contributed by atoms with E-state index in [9.17, 15) is 9.59 Å². The molecule has 3 rings (SSSR count). The van der Waals surface area contributed by atoms with Gasteiger partial charge in [0.2, 0.25) is 5.95 Å². The van der Waals surface area contributed by atoms with Crippen LogP contribution in [0.25, 0.3) is 0 Å². The number of hydrogen-bond donors (Lipinski definition) is 3. The fourth-order valence-corrected chi connectivity index (χ4v) is 2.73. The van der Waals surface area contributed by atoms with Crippen LogP contribution >= 0.6 is 0 Å². The molecule has 0 aliphatic heterocycles. The van der Waals surface area contributed by atoms with Gasteiger partial charge in [-0.15, -0.1) is 0 Å². The first-order valence-corrected chi connectivity index (χ1v) is 8.98. The number of nitrogens with zero attached hydrogens (tertiary/aromatic N) is 5. The van der Waals surface area contributed by atoms with E-state index in [1.54, 1.807) is 24.5 Å². The molecule has 0 atom stereocenters. The normalized spacial score (nSPS) is 10.5. The molecule has 0 fully saturated rings. The van der Waals surface area contributed by atoms with Crippen molar-refractivity contribution in [3.63, 3.8) is 0 Å². The van der Waals surface area contributed by atoms with Crippen LogP contribution < -0.4 is 28.2 Å². The predicted octanol–water partition coefficient (Wildman–Crippen LogP) is -0.418. The molecule has 29 heavy (non-hydrogen) atoms. The van der Waals surface area contributed by atoms with Gasteiger partial charge in [0.05, 0.1) is 19.6 Å². The van der Waals surface area contributed by atoms with Gasteiger partial charge in [0, 0.05) is 18.9 Å². The first kappa shape index (κ1) is 19.8. The molecule has 5 N–H and O–H groups in total. The van der Waals surface area contributed by atoms with E-state index in [4.69, 9.17) is 11.5 Å². The summed E-state index contributed by atoms with van der Waals surface area (Å²) in [6.45, 7) is 0.952. The smallest absolute Gasteiger partial charge is 0.355 e. The third-order valence-electron chi connectivity index (χ3n) is 4.11. The molecule has 0 aliphatic rings. The van der Waals surface area contributed by atoms with Gasteiger partial charge in [-0.25, -0.2) is 14.2 Å². The van der Waals surface area contributed by atoms with E-state index < -0.39 is 11.4 Å². The lowest BCUT2D eigenvalue weighted by molar-refractivity contribution is 0.586. The predicted molar refractivity (Wildman–Crippen MR) is 111 cm³/mol. The van der Waals surface area contributed by atoms with Crippen LogP contribution in [-0.4, -0.2) is 38.2 Å². The Bertz CT molecular complexity index is 1090. The van der Waals surface area contributed by atoms with Crippen molar-refractivity contribution in [3.05, 3.63) is 87.0 Å². The Balaban J connectivity index is 1.97. The highest BCUT2D eigenvalue weighted by Crippen LogP contribution is 2.05. The van der Waals surface area contributed by atoms with Gasteiger partial charge >= 0.3 is 11.4 Å². The fourth-order valence-electron chi connectivity index (χ4n) is 2.73. The molecule has 0 bridgehead atoms. The highest BCUT2D eigenvalue weighted by molar-refractivity contribution is 5.75. The van der Waals surface area contributed by atoms with Crippen LogP contribution in [0.4, 0.5) is 5.95 Å². The lowest BCUT2D eigenvalue weighted by Crippen LogP contribution is -2.43. The van der Waals surface area contributed by atoms with Crippen molar-refractivity contribution in [1.29, 1.82) is 0 Å². The molecule has 0 saturated heterocycles. The van der Waals surface area contributed by atoms with E-state index in [-0.39, 0.29) is 31.5 Å². The first-order chi connectivity index (χ1) is 14.0. The van der Waals surface area contributed by atoms with Crippen molar-refractivity contribution < 1.29 is 0 Å². The van der Waals surface area contributed by atoms with E-state index in [2.05, 4.69) is 20.3 Å². The molecule has 0 unspecified atom stereocenters. The number of hydrogen-bond acceptors (Lipinski definition) is 6. The number of pyridine rings is 1. The van der Waals surface area contributed by atoms with Crippen molar-refractivity contribution in [2.75, 3.05) is 18.4 Å². The monoisotopic (exact) mass is 394 g/mol. The second-order valence-electron chi connectivity index (χ2n) is 6.25. The third kappa shape index (κ3) is 5.28. The maximum absolute atomic E-state index is 13.1. The zero-order chi connectivity index (χ0) is 20.6. The van der Waals surface area contributed by atoms with Gasteiger partial charge in [-0.2, -0.15) is 4.98 Å². The van der Waals surface area contributed by atoms with E-state index in [1.165, 1.54) is 4.57 Å². The number of anilines is 1. The molecule has 1 aromatic carbocycles. The summed E-state index contributed by atoms with van der Waals surface area (Å²) in [5, 5.41) is 2.97. The first-order valence-electron chi connectivity index (χ1n) is 8.98. The lowest BCUT2D eigenvalue weighted by atomic mass is 10.2. The van der Waals surface area contributed by atoms with Gasteiger partial charge in [0.25, 0.3) is 0 Å². The summed E-state index contributed by atoms with van der Waals surface area (Å²) >= 11 is 0. The maximum atomic E-state index is 13.1. The van der Waals surface area contributed by atoms with Crippen LogP contribution in [0.1, 0.15) is 11.1 Å². The number of benzene rings is 1. The number of aliphatic imine (C=N–C) groups is 1. The second kappa shape index (κ2) is 9.31. The van der Waals surface area contributed by atoms with Gasteiger partial charge in [-0.05, 0) is 23.3 Å². The third-order valence-corrected chi connectivity index (χ3v) is 4.11. The molecular formula is C19H22N8O2. The summed E-state index contributed by atoms with van der Waals surface area (Å²) in [4.78, 5) is 37.6. The minimum Gasteiger partial charge on any atom is -0.370 e. The molecule has 0 amide bonds. The van der Waals surface area contributed by atoms with Crippen LogP contribution in [0.15, 0.2) is 69.4 Å². The number of rotatable bonds is 8. The van der Waals surface area contributed by atoms with Gasteiger partial charge in [0.1, 0.15) is 0 Å². The molecule has 10 nitrogen and oxygen atoms in total. The van der Waals surface area contributed by atoms with Gasteiger partial charge < -0.3 is 16.8 Å². The summed E-state index contributed by atoms with van der Waals surface area (Å²) in [6.07, 6.45) is 3.28.